The first-order valence-electron chi connectivity index (χ1n) is 7.84. The highest BCUT2D eigenvalue weighted by molar-refractivity contribution is 7.66. The zero-order valence-electron chi connectivity index (χ0n) is 13.7. The number of hydrogen-bond acceptors (Lipinski definition) is 2. The van der Waals surface area contributed by atoms with Crippen LogP contribution in [0.4, 0.5) is 0 Å². The molecule has 0 aliphatic rings. The van der Waals surface area contributed by atoms with Crippen LogP contribution in [0, 0.1) is 13.8 Å². The maximum Gasteiger partial charge on any atom is 0.186 e. The molecule has 0 saturated heterocycles. The lowest BCUT2D eigenvalue weighted by molar-refractivity contribution is 0.108. The number of rotatable bonds is 5. The highest BCUT2D eigenvalue weighted by atomic mass is 31.1. The van der Waals surface area contributed by atoms with E-state index in [1.165, 1.54) is 0 Å². The number of ether oxygens (including phenoxy) is 1. The van der Waals surface area contributed by atoms with Crippen molar-refractivity contribution in [2.24, 2.45) is 0 Å². The van der Waals surface area contributed by atoms with Gasteiger partial charge in [-0.15, -0.1) is 0 Å². The minimum absolute atomic E-state index is 0.118. The molecular weight excluding hydrogens is 315 g/mol. The third-order valence-electron chi connectivity index (χ3n) is 3.80. The third-order valence-corrected chi connectivity index (χ3v) is 4.90. The van der Waals surface area contributed by atoms with Gasteiger partial charge in [0, 0.05) is 5.56 Å². The van der Waals surface area contributed by atoms with Crippen molar-refractivity contribution < 1.29 is 9.53 Å². The standard InChI is InChI=1S/C21H19O2P/c1-15-7-6-8-16(2)20(15)21(22)24-19-13-11-18(12-14-19)23-17-9-4-3-5-10-17/h3-14,24H,1-2H3. The minimum Gasteiger partial charge on any atom is -0.457 e. The van der Waals surface area contributed by atoms with E-state index in [9.17, 15) is 4.79 Å². The quantitative estimate of drug-likeness (QED) is 0.597. The third kappa shape index (κ3) is 3.90. The largest absolute Gasteiger partial charge is 0.457 e. The summed E-state index contributed by atoms with van der Waals surface area (Å²) >= 11 is 0. The van der Waals surface area contributed by atoms with Crippen molar-refractivity contribution in [1.82, 2.24) is 0 Å². The lowest BCUT2D eigenvalue weighted by Crippen LogP contribution is -2.04. The van der Waals surface area contributed by atoms with Crippen LogP contribution in [0.2, 0.25) is 0 Å². The summed E-state index contributed by atoms with van der Waals surface area (Å²) in [4.78, 5) is 12.6. The Bertz CT molecular complexity index is 819. The second-order valence-corrected chi connectivity index (χ2v) is 6.94. The molecule has 0 fully saturated rings. The SMILES string of the molecule is Cc1cccc(C)c1C(=O)Pc1ccc(Oc2ccccc2)cc1. The smallest absolute Gasteiger partial charge is 0.186 e. The fraction of sp³-hybridized carbons (Fsp3) is 0.0952. The number of carbonyl (C=O) groups excluding carboxylic acids is 1. The number of para-hydroxylation sites is 1. The molecule has 0 heterocycles. The summed E-state index contributed by atoms with van der Waals surface area (Å²) in [6.45, 7) is 3.98. The molecule has 3 heteroatoms. The summed E-state index contributed by atoms with van der Waals surface area (Å²) < 4.78 is 5.78. The first kappa shape index (κ1) is 16.4. The van der Waals surface area contributed by atoms with Crippen molar-refractivity contribution in [3.05, 3.63) is 89.5 Å². The highest BCUT2D eigenvalue weighted by Gasteiger charge is 2.12. The van der Waals surface area contributed by atoms with Gasteiger partial charge in [-0.2, -0.15) is 0 Å². The van der Waals surface area contributed by atoms with E-state index in [1.807, 2.05) is 86.6 Å². The van der Waals surface area contributed by atoms with E-state index in [0.717, 1.165) is 33.5 Å². The van der Waals surface area contributed by atoms with Gasteiger partial charge in [0.1, 0.15) is 11.5 Å². The van der Waals surface area contributed by atoms with E-state index in [2.05, 4.69) is 0 Å². The van der Waals surface area contributed by atoms with Crippen LogP contribution in [0.25, 0.3) is 0 Å². The summed E-state index contributed by atoms with van der Waals surface area (Å²) in [5.74, 6) is 1.58. The van der Waals surface area contributed by atoms with E-state index in [0.29, 0.717) is 0 Å². The van der Waals surface area contributed by atoms with Gasteiger partial charge in [-0.1, -0.05) is 48.5 Å². The molecule has 0 spiro atoms. The van der Waals surface area contributed by atoms with Gasteiger partial charge in [0.2, 0.25) is 0 Å². The zero-order chi connectivity index (χ0) is 16.9. The molecule has 3 aromatic carbocycles. The maximum atomic E-state index is 12.6. The molecule has 24 heavy (non-hydrogen) atoms. The van der Waals surface area contributed by atoms with Gasteiger partial charge in [0.15, 0.2) is 5.52 Å². The van der Waals surface area contributed by atoms with Crippen LogP contribution >= 0.6 is 8.58 Å². The van der Waals surface area contributed by atoms with Gasteiger partial charge in [0.25, 0.3) is 0 Å². The highest BCUT2D eigenvalue weighted by Crippen LogP contribution is 2.26. The zero-order valence-corrected chi connectivity index (χ0v) is 14.7. The van der Waals surface area contributed by atoms with Gasteiger partial charge in [-0.3, -0.25) is 4.79 Å². The average molecular weight is 334 g/mol. The van der Waals surface area contributed by atoms with Crippen LogP contribution in [0.1, 0.15) is 21.5 Å². The lowest BCUT2D eigenvalue weighted by Gasteiger charge is -2.09. The number of hydrogen-bond donors (Lipinski definition) is 0. The summed E-state index contributed by atoms with van der Waals surface area (Å²) in [5, 5.41) is 1.02. The van der Waals surface area contributed by atoms with Gasteiger partial charge in [-0.05, 0) is 63.1 Å². The monoisotopic (exact) mass is 334 g/mol. The molecule has 0 radical (unpaired) electrons. The first-order valence-corrected chi connectivity index (χ1v) is 8.84. The van der Waals surface area contributed by atoms with Gasteiger partial charge in [0.05, 0.1) is 0 Å². The Morgan fingerprint density at radius 1 is 0.750 bits per heavy atom. The van der Waals surface area contributed by atoms with Crippen LogP contribution in [0.5, 0.6) is 11.5 Å². The van der Waals surface area contributed by atoms with Crippen molar-refractivity contribution in [1.29, 1.82) is 0 Å². The molecular formula is C21H19O2P. The molecule has 0 N–H and O–H groups in total. The summed E-state index contributed by atoms with van der Waals surface area (Å²) in [6.07, 6.45) is 0. The Hall–Kier alpha value is -2.44. The predicted molar refractivity (Wildman–Crippen MR) is 101 cm³/mol. The average Bonchev–Trinajstić information content (AvgIpc) is 2.57. The van der Waals surface area contributed by atoms with Crippen molar-refractivity contribution >= 4 is 19.4 Å². The van der Waals surface area contributed by atoms with Crippen LogP contribution in [0.3, 0.4) is 0 Å². The van der Waals surface area contributed by atoms with E-state index in [1.54, 1.807) is 0 Å². The Morgan fingerprint density at radius 3 is 1.96 bits per heavy atom. The van der Waals surface area contributed by atoms with Gasteiger partial charge < -0.3 is 4.74 Å². The molecule has 0 saturated carbocycles. The van der Waals surface area contributed by atoms with Crippen molar-refractivity contribution in [3.63, 3.8) is 0 Å². The van der Waals surface area contributed by atoms with Crippen LogP contribution in [-0.2, 0) is 0 Å². The number of carbonyl (C=O) groups is 1. The maximum absolute atomic E-state index is 12.6. The summed E-state index contributed by atoms with van der Waals surface area (Å²) in [5.41, 5.74) is 3.11. The fourth-order valence-electron chi connectivity index (χ4n) is 2.60. The molecule has 1 unspecified atom stereocenters. The minimum atomic E-state index is 0.118. The second kappa shape index (κ2) is 7.42. The molecule has 3 aromatic rings. The van der Waals surface area contributed by atoms with Crippen molar-refractivity contribution in [3.8, 4) is 11.5 Å². The van der Waals surface area contributed by atoms with Crippen LogP contribution < -0.4 is 10.0 Å². The summed E-state index contributed by atoms with van der Waals surface area (Å²) in [6, 6.07) is 23.4. The van der Waals surface area contributed by atoms with Gasteiger partial charge >= 0.3 is 0 Å². The van der Waals surface area contributed by atoms with Gasteiger partial charge in [-0.25, -0.2) is 0 Å². The topological polar surface area (TPSA) is 26.3 Å². The fourth-order valence-corrected chi connectivity index (χ4v) is 3.71. The Kier molecular flexibility index (Phi) is 5.08. The number of aryl methyl sites for hydroxylation is 2. The molecule has 3 rings (SSSR count). The van der Waals surface area contributed by atoms with Crippen LogP contribution in [-0.4, -0.2) is 5.52 Å². The van der Waals surface area contributed by atoms with Crippen molar-refractivity contribution in [2.75, 3.05) is 0 Å². The number of benzene rings is 3. The Balaban J connectivity index is 1.71. The molecule has 0 aliphatic heterocycles. The molecule has 0 bridgehead atoms. The summed E-state index contributed by atoms with van der Waals surface area (Å²) in [7, 11) is 0.118. The van der Waals surface area contributed by atoms with Crippen molar-refractivity contribution in [2.45, 2.75) is 13.8 Å². The molecule has 0 aromatic heterocycles. The van der Waals surface area contributed by atoms with E-state index < -0.39 is 0 Å². The lowest BCUT2D eigenvalue weighted by atomic mass is 10.0. The Labute approximate surface area is 144 Å². The molecule has 0 aliphatic carbocycles. The predicted octanol–water partition coefficient (Wildman–Crippen LogP) is 5.24. The normalized spacial score (nSPS) is 10.9. The molecule has 2 nitrogen and oxygen atoms in total. The molecule has 120 valence electrons. The van der Waals surface area contributed by atoms with E-state index in [4.69, 9.17) is 4.74 Å². The molecule has 0 amide bonds. The second-order valence-electron chi connectivity index (χ2n) is 5.66. The van der Waals surface area contributed by atoms with E-state index in [-0.39, 0.29) is 14.1 Å². The van der Waals surface area contributed by atoms with E-state index >= 15 is 0 Å². The first-order chi connectivity index (χ1) is 11.6. The Morgan fingerprint density at radius 2 is 1.33 bits per heavy atom. The van der Waals surface area contributed by atoms with Crippen LogP contribution in [0.15, 0.2) is 72.8 Å². The molecule has 1 atom stereocenters.